The van der Waals surface area contributed by atoms with E-state index in [0.29, 0.717) is 16.6 Å². The van der Waals surface area contributed by atoms with Crippen molar-refractivity contribution in [3.05, 3.63) is 29.8 Å². The Morgan fingerprint density at radius 2 is 2.20 bits per heavy atom. The summed E-state index contributed by atoms with van der Waals surface area (Å²) in [6, 6.07) is 8.78. The first-order valence-corrected chi connectivity index (χ1v) is 7.84. The van der Waals surface area contributed by atoms with Gasteiger partial charge in [-0.2, -0.15) is 17.0 Å². The first kappa shape index (κ1) is 14.7. The topological polar surface area (TPSA) is 62.1 Å². The number of rotatable bonds is 5. The molecule has 5 heteroatoms. The van der Waals surface area contributed by atoms with Gasteiger partial charge in [-0.15, -0.1) is 0 Å². The fourth-order valence-electron chi connectivity index (χ4n) is 2.02. The molecule has 0 radical (unpaired) electrons. The molecule has 1 fully saturated rings. The van der Waals surface area contributed by atoms with Crippen molar-refractivity contribution in [2.75, 3.05) is 18.9 Å². The van der Waals surface area contributed by atoms with Crippen LogP contribution in [-0.4, -0.2) is 30.1 Å². The molecule has 1 aliphatic heterocycles. The van der Waals surface area contributed by atoms with E-state index < -0.39 is 0 Å². The summed E-state index contributed by atoms with van der Waals surface area (Å²) in [7, 11) is 0. The number of carbonyl (C=O) groups excluding carboxylic acids is 1. The number of nitriles is 1. The number of nitrogens with zero attached hydrogens (tertiary/aromatic N) is 1. The molecule has 0 spiro atoms. The van der Waals surface area contributed by atoms with Crippen LogP contribution in [-0.2, 0) is 4.79 Å². The summed E-state index contributed by atoms with van der Waals surface area (Å²) in [6.07, 6.45) is 3.73. The van der Waals surface area contributed by atoms with Gasteiger partial charge in [-0.3, -0.25) is 4.79 Å². The SMILES string of the molecule is N#Cc1ccc(OCC(=O)NCC2CCCCS2)cc1. The second-order valence-corrected chi connectivity index (χ2v) is 6.13. The fourth-order valence-corrected chi connectivity index (χ4v) is 3.26. The Hall–Kier alpha value is -1.67. The summed E-state index contributed by atoms with van der Waals surface area (Å²) in [5.74, 6) is 1.70. The molecule has 2 rings (SSSR count). The second kappa shape index (κ2) is 7.81. The van der Waals surface area contributed by atoms with Gasteiger partial charge in [-0.1, -0.05) is 6.42 Å². The van der Waals surface area contributed by atoms with Crippen LogP contribution in [0.5, 0.6) is 5.75 Å². The second-order valence-electron chi connectivity index (χ2n) is 4.72. The highest BCUT2D eigenvalue weighted by Gasteiger charge is 2.14. The van der Waals surface area contributed by atoms with Gasteiger partial charge in [0.25, 0.3) is 5.91 Å². The lowest BCUT2D eigenvalue weighted by atomic mass is 10.2. The third kappa shape index (κ3) is 4.78. The van der Waals surface area contributed by atoms with E-state index >= 15 is 0 Å². The van der Waals surface area contributed by atoms with E-state index in [1.807, 2.05) is 17.8 Å². The van der Waals surface area contributed by atoms with Crippen LogP contribution in [0.25, 0.3) is 0 Å². The molecular formula is C15H18N2O2S. The highest BCUT2D eigenvalue weighted by Crippen LogP contribution is 2.24. The van der Waals surface area contributed by atoms with Gasteiger partial charge in [-0.25, -0.2) is 0 Å². The monoisotopic (exact) mass is 290 g/mol. The number of thioether (sulfide) groups is 1. The zero-order valence-corrected chi connectivity index (χ0v) is 12.1. The molecule has 1 N–H and O–H groups in total. The Morgan fingerprint density at radius 1 is 1.40 bits per heavy atom. The number of amides is 1. The van der Waals surface area contributed by atoms with Crippen LogP contribution in [0.1, 0.15) is 24.8 Å². The highest BCUT2D eigenvalue weighted by atomic mass is 32.2. The lowest BCUT2D eigenvalue weighted by molar-refractivity contribution is -0.123. The van der Waals surface area contributed by atoms with Gasteiger partial charge >= 0.3 is 0 Å². The summed E-state index contributed by atoms with van der Waals surface area (Å²) in [5, 5.41) is 12.1. The van der Waals surface area contributed by atoms with Crippen LogP contribution in [0, 0.1) is 11.3 Å². The number of carbonyl (C=O) groups is 1. The quantitative estimate of drug-likeness (QED) is 0.904. The third-order valence-corrected chi connectivity index (χ3v) is 4.55. The lowest BCUT2D eigenvalue weighted by Gasteiger charge is -2.21. The molecule has 1 heterocycles. The number of ether oxygens (including phenoxy) is 1. The van der Waals surface area contributed by atoms with Gasteiger partial charge in [0.15, 0.2) is 6.61 Å². The van der Waals surface area contributed by atoms with Crippen molar-refractivity contribution < 1.29 is 9.53 Å². The molecule has 0 bridgehead atoms. The van der Waals surface area contributed by atoms with Crippen LogP contribution < -0.4 is 10.1 Å². The number of benzene rings is 1. The van der Waals surface area contributed by atoms with Crippen molar-refractivity contribution in [1.29, 1.82) is 5.26 Å². The highest BCUT2D eigenvalue weighted by molar-refractivity contribution is 7.99. The van der Waals surface area contributed by atoms with Crippen molar-refractivity contribution in [3.63, 3.8) is 0 Å². The van der Waals surface area contributed by atoms with Crippen molar-refractivity contribution in [2.45, 2.75) is 24.5 Å². The van der Waals surface area contributed by atoms with Crippen molar-refractivity contribution >= 4 is 17.7 Å². The summed E-state index contributed by atoms with van der Waals surface area (Å²) in [4.78, 5) is 11.7. The molecule has 0 aliphatic carbocycles. The van der Waals surface area contributed by atoms with E-state index in [1.165, 1.54) is 25.0 Å². The van der Waals surface area contributed by atoms with E-state index in [9.17, 15) is 4.79 Å². The van der Waals surface area contributed by atoms with E-state index in [1.54, 1.807) is 24.3 Å². The number of hydrogen-bond donors (Lipinski definition) is 1. The van der Waals surface area contributed by atoms with Gasteiger partial charge in [0.1, 0.15) is 5.75 Å². The van der Waals surface area contributed by atoms with Crippen LogP contribution in [0.3, 0.4) is 0 Å². The minimum absolute atomic E-state index is 0.0171. The maximum absolute atomic E-state index is 11.7. The predicted octanol–water partition coefficient (Wildman–Crippen LogP) is 2.34. The van der Waals surface area contributed by atoms with E-state index in [4.69, 9.17) is 10.00 Å². The molecule has 1 atom stereocenters. The average molecular weight is 290 g/mol. The van der Waals surface area contributed by atoms with E-state index in [0.717, 1.165) is 6.54 Å². The molecule has 1 aromatic carbocycles. The molecule has 1 aromatic rings. The minimum atomic E-state index is -0.0967. The average Bonchev–Trinajstić information content (AvgIpc) is 2.52. The van der Waals surface area contributed by atoms with Crippen LogP contribution >= 0.6 is 11.8 Å². The van der Waals surface area contributed by atoms with Gasteiger partial charge in [0, 0.05) is 11.8 Å². The summed E-state index contributed by atoms with van der Waals surface area (Å²) in [6.45, 7) is 0.740. The van der Waals surface area contributed by atoms with Gasteiger partial charge in [0.2, 0.25) is 0 Å². The molecule has 1 saturated heterocycles. The summed E-state index contributed by atoms with van der Waals surface area (Å²) < 4.78 is 5.38. The van der Waals surface area contributed by atoms with Crippen LogP contribution in [0.15, 0.2) is 24.3 Å². The van der Waals surface area contributed by atoms with Gasteiger partial charge < -0.3 is 10.1 Å². The molecular weight excluding hydrogens is 272 g/mol. The van der Waals surface area contributed by atoms with Crippen molar-refractivity contribution in [3.8, 4) is 11.8 Å². The standard InChI is InChI=1S/C15H18N2O2S/c16-9-12-4-6-13(7-5-12)19-11-15(18)17-10-14-3-1-2-8-20-14/h4-7,14H,1-3,8,10-11H2,(H,17,18). The van der Waals surface area contributed by atoms with Crippen LogP contribution in [0.4, 0.5) is 0 Å². The Bertz CT molecular complexity index is 476. The molecule has 1 unspecified atom stereocenters. The van der Waals surface area contributed by atoms with E-state index in [2.05, 4.69) is 5.32 Å². The molecule has 20 heavy (non-hydrogen) atoms. The Labute approximate surface area is 123 Å². The first-order valence-electron chi connectivity index (χ1n) is 6.79. The Kier molecular flexibility index (Phi) is 5.75. The Morgan fingerprint density at radius 3 is 2.85 bits per heavy atom. The smallest absolute Gasteiger partial charge is 0.257 e. The fraction of sp³-hybridized carbons (Fsp3) is 0.467. The van der Waals surface area contributed by atoms with Gasteiger partial charge in [-0.05, 0) is 42.9 Å². The third-order valence-electron chi connectivity index (χ3n) is 3.15. The van der Waals surface area contributed by atoms with Crippen molar-refractivity contribution in [1.82, 2.24) is 5.32 Å². The molecule has 4 nitrogen and oxygen atoms in total. The normalized spacial score (nSPS) is 18.1. The van der Waals surface area contributed by atoms with Crippen LogP contribution in [0.2, 0.25) is 0 Å². The molecule has 106 valence electrons. The zero-order valence-electron chi connectivity index (χ0n) is 11.3. The van der Waals surface area contributed by atoms with Gasteiger partial charge in [0.05, 0.1) is 11.6 Å². The largest absolute Gasteiger partial charge is 0.484 e. The Balaban J connectivity index is 1.67. The minimum Gasteiger partial charge on any atom is -0.484 e. The molecule has 1 aliphatic rings. The van der Waals surface area contributed by atoms with Crippen molar-refractivity contribution in [2.24, 2.45) is 0 Å². The molecule has 1 amide bonds. The zero-order chi connectivity index (χ0) is 14.2. The summed E-state index contributed by atoms with van der Waals surface area (Å²) in [5.41, 5.74) is 0.580. The maximum atomic E-state index is 11.7. The molecule has 0 saturated carbocycles. The summed E-state index contributed by atoms with van der Waals surface area (Å²) >= 11 is 1.94. The number of nitrogens with one attached hydrogen (secondary N) is 1. The number of hydrogen-bond acceptors (Lipinski definition) is 4. The maximum Gasteiger partial charge on any atom is 0.257 e. The lowest BCUT2D eigenvalue weighted by Crippen LogP contribution is -2.35. The predicted molar refractivity (Wildman–Crippen MR) is 79.8 cm³/mol. The molecule has 0 aromatic heterocycles. The van der Waals surface area contributed by atoms with E-state index in [-0.39, 0.29) is 12.5 Å². The first-order chi connectivity index (χ1) is 9.78.